The maximum absolute atomic E-state index is 9.85. The van der Waals surface area contributed by atoms with Gasteiger partial charge in [0.2, 0.25) is 5.95 Å². The SMILES string of the molecule is CCCC[C@H](CO)Nc1nc(NCc2ccc(OC)cc2OC)nc2cc(O)cnc12. The third kappa shape index (κ3) is 5.64. The molecular formula is C22H29N5O4. The number of hydrogen-bond acceptors (Lipinski definition) is 9. The van der Waals surface area contributed by atoms with Crippen molar-refractivity contribution in [2.45, 2.75) is 38.8 Å². The Kier molecular flexibility index (Phi) is 7.66. The zero-order valence-electron chi connectivity index (χ0n) is 18.1. The third-order valence-corrected chi connectivity index (χ3v) is 4.92. The van der Waals surface area contributed by atoms with Crippen LogP contribution in [0.4, 0.5) is 11.8 Å². The summed E-state index contributed by atoms with van der Waals surface area (Å²) in [4.78, 5) is 13.3. The van der Waals surface area contributed by atoms with E-state index in [0.717, 1.165) is 24.8 Å². The molecule has 0 amide bonds. The molecule has 166 valence electrons. The van der Waals surface area contributed by atoms with E-state index in [0.29, 0.717) is 40.8 Å². The fourth-order valence-electron chi connectivity index (χ4n) is 3.21. The van der Waals surface area contributed by atoms with Crippen LogP contribution in [0.1, 0.15) is 31.7 Å². The molecule has 0 radical (unpaired) electrons. The Bertz CT molecular complexity index is 1010. The predicted molar refractivity (Wildman–Crippen MR) is 120 cm³/mol. The summed E-state index contributed by atoms with van der Waals surface area (Å²) in [6.07, 6.45) is 4.18. The summed E-state index contributed by atoms with van der Waals surface area (Å²) >= 11 is 0. The third-order valence-electron chi connectivity index (χ3n) is 4.92. The number of methoxy groups -OCH3 is 2. The number of aliphatic hydroxyl groups is 1. The molecule has 3 rings (SSSR count). The van der Waals surface area contributed by atoms with Crippen LogP contribution in [-0.4, -0.2) is 52.0 Å². The van der Waals surface area contributed by atoms with E-state index in [2.05, 4.69) is 32.5 Å². The van der Waals surface area contributed by atoms with Gasteiger partial charge in [0.15, 0.2) is 5.82 Å². The number of aromatic hydroxyl groups is 1. The molecule has 4 N–H and O–H groups in total. The first-order valence-corrected chi connectivity index (χ1v) is 10.3. The number of ether oxygens (including phenoxy) is 2. The Balaban J connectivity index is 1.88. The van der Waals surface area contributed by atoms with E-state index in [1.54, 1.807) is 14.2 Å². The van der Waals surface area contributed by atoms with Crippen LogP contribution in [0.15, 0.2) is 30.5 Å². The number of nitrogens with zero attached hydrogens (tertiary/aromatic N) is 3. The van der Waals surface area contributed by atoms with Crippen LogP contribution in [0, 0.1) is 0 Å². The molecule has 2 heterocycles. The van der Waals surface area contributed by atoms with Crippen LogP contribution in [0.3, 0.4) is 0 Å². The number of benzene rings is 1. The Morgan fingerprint density at radius 2 is 1.97 bits per heavy atom. The molecule has 0 saturated heterocycles. The second kappa shape index (κ2) is 10.6. The lowest BCUT2D eigenvalue weighted by atomic mass is 10.1. The molecule has 31 heavy (non-hydrogen) atoms. The van der Waals surface area contributed by atoms with Gasteiger partial charge in [-0.05, 0) is 18.6 Å². The molecule has 1 aromatic carbocycles. The molecule has 2 aromatic heterocycles. The van der Waals surface area contributed by atoms with Crippen molar-refractivity contribution in [3.8, 4) is 17.2 Å². The summed E-state index contributed by atoms with van der Waals surface area (Å²) < 4.78 is 10.7. The fraction of sp³-hybridized carbons (Fsp3) is 0.409. The predicted octanol–water partition coefficient (Wildman–Crippen LogP) is 3.32. The van der Waals surface area contributed by atoms with Crippen molar-refractivity contribution in [1.29, 1.82) is 0 Å². The van der Waals surface area contributed by atoms with Crippen molar-refractivity contribution >= 4 is 22.8 Å². The Morgan fingerprint density at radius 1 is 1.13 bits per heavy atom. The van der Waals surface area contributed by atoms with Gasteiger partial charge >= 0.3 is 0 Å². The van der Waals surface area contributed by atoms with Gasteiger partial charge in [-0.1, -0.05) is 19.8 Å². The van der Waals surface area contributed by atoms with Crippen molar-refractivity contribution in [2.75, 3.05) is 31.5 Å². The van der Waals surface area contributed by atoms with E-state index >= 15 is 0 Å². The minimum atomic E-state index is -0.150. The summed E-state index contributed by atoms with van der Waals surface area (Å²) in [5.41, 5.74) is 1.93. The largest absolute Gasteiger partial charge is 0.506 e. The average Bonchev–Trinajstić information content (AvgIpc) is 2.79. The summed E-state index contributed by atoms with van der Waals surface area (Å²) in [6, 6.07) is 6.96. The highest BCUT2D eigenvalue weighted by molar-refractivity contribution is 5.87. The minimum Gasteiger partial charge on any atom is -0.506 e. The second-order valence-corrected chi connectivity index (χ2v) is 7.15. The number of pyridine rings is 1. The van der Waals surface area contributed by atoms with Crippen LogP contribution in [-0.2, 0) is 6.54 Å². The summed E-state index contributed by atoms with van der Waals surface area (Å²) in [7, 11) is 3.21. The van der Waals surface area contributed by atoms with Crippen molar-refractivity contribution in [1.82, 2.24) is 15.0 Å². The first-order chi connectivity index (χ1) is 15.1. The Labute approximate surface area is 181 Å². The lowest BCUT2D eigenvalue weighted by Crippen LogP contribution is -2.25. The fourth-order valence-corrected chi connectivity index (χ4v) is 3.21. The molecule has 0 bridgehead atoms. The van der Waals surface area contributed by atoms with E-state index in [4.69, 9.17) is 9.47 Å². The molecule has 0 aliphatic carbocycles. The highest BCUT2D eigenvalue weighted by Crippen LogP contribution is 2.27. The molecule has 0 unspecified atom stereocenters. The van der Waals surface area contributed by atoms with Gasteiger partial charge in [-0.15, -0.1) is 0 Å². The van der Waals surface area contributed by atoms with Gasteiger partial charge in [0.25, 0.3) is 0 Å². The summed E-state index contributed by atoms with van der Waals surface area (Å²) in [5.74, 6) is 2.28. The zero-order chi connectivity index (χ0) is 22.2. The number of unbranched alkanes of at least 4 members (excludes halogenated alkanes) is 1. The lowest BCUT2D eigenvalue weighted by molar-refractivity contribution is 0.267. The standard InChI is InChI=1S/C22H29N5O4/c1-4-5-6-15(13-28)25-21-20-18(9-16(29)12-23-20)26-22(27-21)24-11-14-7-8-17(30-2)10-19(14)31-3/h7-10,12,15,28-29H,4-6,11,13H2,1-3H3,(H2,24,25,26,27)/t15-/m1/s1. The molecule has 0 aliphatic rings. The van der Waals surface area contributed by atoms with Crippen molar-refractivity contribution in [2.24, 2.45) is 0 Å². The number of hydrogen-bond donors (Lipinski definition) is 4. The van der Waals surface area contributed by atoms with E-state index in [9.17, 15) is 10.2 Å². The monoisotopic (exact) mass is 427 g/mol. The summed E-state index contributed by atoms with van der Waals surface area (Å²) in [6.45, 7) is 2.51. The van der Waals surface area contributed by atoms with Gasteiger partial charge in [-0.25, -0.2) is 9.97 Å². The van der Waals surface area contributed by atoms with E-state index < -0.39 is 0 Å². The molecule has 1 atom stereocenters. The molecule has 0 fully saturated rings. The number of aromatic nitrogens is 3. The second-order valence-electron chi connectivity index (χ2n) is 7.15. The van der Waals surface area contributed by atoms with Crippen LogP contribution in [0.25, 0.3) is 11.0 Å². The van der Waals surface area contributed by atoms with E-state index in [1.165, 1.54) is 12.3 Å². The highest BCUT2D eigenvalue weighted by atomic mass is 16.5. The maximum atomic E-state index is 9.85. The normalized spacial score (nSPS) is 11.9. The maximum Gasteiger partial charge on any atom is 0.225 e. The first kappa shape index (κ1) is 22.4. The lowest BCUT2D eigenvalue weighted by Gasteiger charge is -2.18. The molecule has 9 nitrogen and oxygen atoms in total. The molecule has 9 heteroatoms. The van der Waals surface area contributed by atoms with Gasteiger partial charge < -0.3 is 30.3 Å². The van der Waals surface area contributed by atoms with E-state index in [1.807, 2.05) is 18.2 Å². The number of aliphatic hydroxyl groups excluding tert-OH is 1. The molecule has 3 aromatic rings. The van der Waals surface area contributed by atoms with Crippen LogP contribution in [0.2, 0.25) is 0 Å². The molecule has 0 spiro atoms. The van der Waals surface area contributed by atoms with Gasteiger partial charge in [0.05, 0.1) is 33.1 Å². The number of anilines is 2. The Hall–Kier alpha value is -3.33. The zero-order valence-corrected chi connectivity index (χ0v) is 18.1. The quantitative estimate of drug-likeness (QED) is 0.365. The van der Waals surface area contributed by atoms with Crippen molar-refractivity contribution < 1.29 is 19.7 Å². The molecule has 0 saturated carbocycles. The first-order valence-electron chi connectivity index (χ1n) is 10.3. The van der Waals surface area contributed by atoms with Crippen molar-refractivity contribution in [3.63, 3.8) is 0 Å². The van der Waals surface area contributed by atoms with Crippen molar-refractivity contribution in [3.05, 3.63) is 36.0 Å². The summed E-state index contributed by atoms with van der Waals surface area (Å²) in [5, 5.41) is 26.1. The van der Waals surface area contributed by atoms with Gasteiger partial charge in [-0.3, -0.25) is 0 Å². The molecular weight excluding hydrogens is 398 g/mol. The number of rotatable bonds is 11. The average molecular weight is 428 g/mol. The highest BCUT2D eigenvalue weighted by Gasteiger charge is 2.15. The molecule has 0 aliphatic heterocycles. The van der Waals surface area contributed by atoms with Gasteiger partial charge in [0, 0.05) is 24.2 Å². The number of fused-ring (bicyclic) bond motifs is 1. The smallest absolute Gasteiger partial charge is 0.225 e. The minimum absolute atomic E-state index is 0.0182. The topological polar surface area (TPSA) is 122 Å². The van der Waals surface area contributed by atoms with E-state index in [-0.39, 0.29) is 18.4 Å². The Morgan fingerprint density at radius 3 is 2.68 bits per heavy atom. The van der Waals surface area contributed by atoms with Gasteiger partial charge in [-0.2, -0.15) is 4.98 Å². The van der Waals surface area contributed by atoms with Gasteiger partial charge in [0.1, 0.15) is 28.3 Å². The number of nitrogens with one attached hydrogen (secondary N) is 2. The van der Waals surface area contributed by atoms with Crippen LogP contribution >= 0.6 is 0 Å². The van der Waals surface area contributed by atoms with Crippen LogP contribution in [0.5, 0.6) is 17.2 Å². The van der Waals surface area contributed by atoms with Crippen LogP contribution < -0.4 is 20.1 Å².